The molecule has 1 fully saturated rings. The van der Waals surface area contributed by atoms with Crippen molar-refractivity contribution in [3.05, 3.63) is 144 Å². The Kier molecular flexibility index (Phi) is 24.3. The van der Waals surface area contributed by atoms with Gasteiger partial charge in [0.05, 0.1) is 24.2 Å². The van der Waals surface area contributed by atoms with Gasteiger partial charge in [-0.05, 0) is 75.6 Å². The minimum absolute atomic E-state index is 0. The molecule has 0 saturated carbocycles. The van der Waals surface area contributed by atoms with Gasteiger partial charge in [0.1, 0.15) is 36.7 Å². The van der Waals surface area contributed by atoms with Crippen molar-refractivity contribution in [3.63, 3.8) is 0 Å². The average Bonchev–Trinajstić information content (AvgIpc) is 3.70. The third kappa shape index (κ3) is 17.6. The maximum atomic E-state index is 14.7. The van der Waals surface area contributed by atoms with Crippen molar-refractivity contribution in [3.8, 4) is 0 Å². The van der Waals surface area contributed by atoms with Gasteiger partial charge in [-0.1, -0.05) is 121 Å². The lowest BCUT2D eigenvalue weighted by Crippen LogP contribution is -2.66. The fourth-order valence-corrected chi connectivity index (χ4v) is 9.01. The Morgan fingerprint density at radius 3 is 0.929 bits per heavy atom. The van der Waals surface area contributed by atoms with Crippen LogP contribution in [0.1, 0.15) is 55.7 Å². The molecule has 0 aliphatic carbocycles. The number of rotatable bonds is 18. The summed E-state index contributed by atoms with van der Waals surface area (Å²) >= 11 is 0. The van der Waals surface area contributed by atoms with Crippen LogP contribution in [0, 0.1) is 0 Å². The summed E-state index contributed by atoms with van der Waals surface area (Å²) in [7, 11) is 4.66. The lowest BCUT2D eigenvalue weighted by atomic mass is 9.96. The number of likely N-dealkylation sites (N-methyl/N-ethyl adjacent to an activating group) is 4. The molecule has 1 aliphatic rings. The molecule has 8 amide bonds. The van der Waals surface area contributed by atoms with Crippen molar-refractivity contribution >= 4 is 71.4 Å². The first kappa shape index (κ1) is 66.0. The largest absolute Gasteiger partial charge is 0.336 e. The zero-order valence-electron chi connectivity index (χ0n) is 48.3. The van der Waals surface area contributed by atoms with Gasteiger partial charge in [-0.3, -0.25) is 58.6 Å². The lowest BCUT2D eigenvalue weighted by Gasteiger charge is -2.35. The van der Waals surface area contributed by atoms with Crippen LogP contribution in [0.2, 0.25) is 0 Å². The van der Waals surface area contributed by atoms with E-state index >= 15 is 0 Å². The fraction of sp³-hybridized carbons (Fsp3) is 0.400. The smallest absolute Gasteiger partial charge is 0.260 e. The molecule has 0 radical (unpaired) electrons. The first-order valence-electron chi connectivity index (χ1n) is 27.3. The quantitative estimate of drug-likeness (QED) is 0.0451. The number of benzene rings is 4. The predicted molar refractivity (Wildman–Crippen MR) is 318 cm³/mol. The molecule has 0 bridgehead atoms. The lowest BCUT2D eigenvalue weighted by molar-refractivity contribution is -0.149. The van der Waals surface area contributed by atoms with Crippen molar-refractivity contribution in [1.82, 2.24) is 51.5 Å². The Balaban J connectivity index is 0.00000968. The highest BCUT2D eigenvalue weighted by Gasteiger charge is 2.43. The normalized spacial score (nSPS) is 23.6. The molecule has 24 heteroatoms. The van der Waals surface area contributed by atoms with Crippen LogP contribution in [0.15, 0.2) is 121 Å². The summed E-state index contributed by atoms with van der Waals surface area (Å²) in [6.45, 7) is 5.01. The minimum Gasteiger partial charge on any atom is -0.336 e. The molecule has 4 aromatic carbocycles. The van der Waals surface area contributed by atoms with E-state index in [-0.39, 0.29) is 31.4 Å². The average molecular weight is 1170 g/mol. The van der Waals surface area contributed by atoms with Crippen LogP contribution in [-0.2, 0) is 83.2 Å². The molecule has 1 heterocycles. The first-order chi connectivity index (χ1) is 39.9. The third-order valence-corrected chi connectivity index (χ3v) is 14.9. The molecule has 5 rings (SSSR count). The first-order valence-corrected chi connectivity index (χ1v) is 27.3. The van der Waals surface area contributed by atoms with Gasteiger partial charge < -0.3 is 61.9 Å². The van der Waals surface area contributed by atoms with E-state index in [1.807, 2.05) is 0 Å². The van der Waals surface area contributed by atoms with Gasteiger partial charge in [-0.2, -0.15) is 0 Å². The van der Waals surface area contributed by atoms with Crippen molar-refractivity contribution in [2.24, 2.45) is 11.5 Å². The van der Waals surface area contributed by atoms with Crippen LogP contribution >= 0.6 is 0 Å². The highest BCUT2D eigenvalue weighted by molar-refractivity contribution is 6.13. The van der Waals surface area contributed by atoms with E-state index in [4.69, 9.17) is 11.5 Å². The number of amides is 8. The summed E-state index contributed by atoms with van der Waals surface area (Å²) in [6, 6.07) is 18.7. The molecule has 1 aliphatic heterocycles. The van der Waals surface area contributed by atoms with Crippen molar-refractivity contribution in [2.75, 3.05) is 28.2 Å². The summed E-state index contributed by atoms with van der Waals surface area (Å²) in [5, 5.41) is 15.6. The van der Waals surface area contributed by atoms with Gasteiger partial charge in [0.25, 0.3) is 23.6 Å². The topological polar surface area (TPSA) is 342 Å². The Hall–Kier alpha value is -8.84. The van der Waals surface area contributed by atoms with E-state index in [2.05, 4.69) is 31.9 Å². The molecule has 4 aromatic rings. The van der Waals surface area contributed by atoms with Gasteiger partial charge in [-0.25, -0.2) is 0 Å². The van der Waals surface area contributed by atoms with Crippen LogP contribution in [0.25, 0.3) is 0 Å². The van der Waals surface area contributed by atoms with Crippen molar-refractivity contribution in [2.45, 2.75) is 126 Å². The highest BCUT2D eigenvalue weighted by Crippen LogP contribution is 2.15. The standard InChI is InChI=1S/C60H76N12O12.4H2/c1-35-53(77)65-48(50(76)46(62)32-42-27-19-12-20-28-42)58(82)70(6)37(3)55(79)67-52(64-44(34-74)30-40-23-15-10-16-24-40)60(84)72(8)38(4)56(80)68-51(63-43(33-73)29-39-21-13-9-14-22-39)59(83)71(7)36(2)54(78)66-47(57(81)69(35)5)49(75)45(61)31-41-25-17-11-18-26-41;;;;/h9-28,33-38,43-48,51-52,63-64H,29-32,61-62H2,1-8H3,(H,65,77)(H,66,78)(H,67,79)(H,68,80);4*1H/t35?,36?,37?,38?,43-,44-,45+,46+,47?,48?,51?,52?;;;;/m1..../s1/i;4*1+1. The molecular formula is C60H84N12O12. The Bertz CT molecular complexity index is 2890. The number of carbonyl (C=O) groups excluding carboxylic acids is 12. The second-order valence-electron chi connectivity index (χ2n) is 20.9. The number of hydrogen-bond donors (Lipinski definition) is 8. The monoisotopic (exact) mass is 1170 g/mol. The summed E-state index contributed by atoms with van der Waals surface area (Å²) in [6.07, 6.45) is -2.79. The fourth-order valence-electron chi connectivity index (χ4n) is 9.01. The summed E-state index contributed by atoms with van der Waals surface area (Å²) in [5.41, 5.74) is 15.4. The van der Waals surface area contributed by atoms with Gasteiger partial charge in [-0.15, -0.1) is 0 Å². The van der Waals surface area contributed by atoms with Crippen molar-refractivity contribution in [1.29, 1.82) is 0 Å². The van der Waals surface area contributed by atoms with Gasteiger partial charge in [0.2, 0.25) is 23.6 Å². The Morgan fingerprint density at radius 2 is 0.667 bits per heavy atom. The Morgan fingerprint density at radius 1 is 0.429 bits per heavy atom. The van der Waals surface area contributed by atoms with Crippen LogP contribution in [0.3, 0.4) is 0 Å². The number of hydrogen-bond acceptors (Lipinski definition) is 16. The van der Waals surface area contributed by atoms with E-state index < -0.39 is 132 Å². The van der Waals surface area contributed by atoms with E-state index in [1.54, 1.807) is 121 Å². The molecule has 0 spiro atoms. The second-order valence-corrected chi connectivity index (χ2v) is 20.9. The number of aldehydes is 2. The van der Waals surface area contributed by atoms with Crippen LogP contribution < -0.4 is 43.4 Å². The number of nitrogens with two attached hydrogens (primary N) is 2. The molecule has 8 unspecified atom stereocenters. The maximum Gasteiger partial charge on any atom is 0.260 e. The maximum absolute atomic E-state index is 14.7. The number of carbonyl (C=O) groups is 12. The van der Waals surface area contributed by atoms with Gasteiger partial charge in [0.15, 0.2) is 36.0 Å². The molecular weight excluding hydrogens is 1080 g/mol. The summed E-state index contributed by atoms with van der Waals surface area (Å²) in [5.74, 6) is -10.6. The zero-order valence-corrected chi connectivity index (χ0v) is 48.3. The SMILES string of the molecule is CC1C(=O)NC(C(=O)[C@@H](N)Cc2ccccc2)C(=O)N(C)C(C)C(=O)NC(C(=O)[C@@H](N)Cc2ccccc2)C(=O)N(C)C(C)C(=O)NC(N[C@@H](C=O)Cc2ccccc2)C(=O)N(C)C(C)C(=O)NC(N[C@@H](C=O)Cc2ccccc2)C(=O)N1C.[2HH].[2HH].[2HH].[2HH]. The second kappa shape index (κ2) is 31.0. The molecule has 10 N–H and O–H groups in total. The van der Waals surface area contributed by atoms with Crippen LogP contribution in [0.5, 0.6) is 0 Å². The Labute approximate surface area is 494 Å². The third-order valence-electron chi connectivity index (χ3n) is 14.9. The van der Waals surface area contributed by atoms with Gasteiger partial charge in [0, 0.05) is 33.9 Å². The van der Waals surface area contributed by atoms with E-state index in [1.165, 1.54) is 41.8 Å². The molecule has 0 aromatic heterocycles. The highest BCUT2D eigenvalue weighted by atomic mass is 16.2. The number of Topliss-reactive ketones (excluding diaryl/α,β-unsaturated/α-hetero) is 2. The van der Waals surface area contributed by atoms with Gasteiger partial charge >= 0.3 is 0 Å². The molecule has 12 atom stereocenters. The van der Waals surface area contributed by atoms with Crippen molar-refractivity contribution < 1.29 is 63.2 Å². The molecule has 24 nitrogen and oxygen atoms in total. The molecule has 1 saturated heterocycles. The number of nitrogens with one attached hydrogen (secondary N) is 6. The number of ketones is 2. The van der Waals surface area contributed by atoms with E-state index in [0.29, 0.717) is 34.8 Å². The van der Waals surface area contributed by atoms with E-state index in [0.717, 1.165) is 33.7 Å². The van der Waals surface area contributed by atoms with E-state index in [9.17, 15) is 57.5 Å². The zero-order chi connectivity index (χ0) is 61.9. The minimum atomic E-state index is -2.12. The van der Waals surface area contributed by atoms with Crippen LogP contribution in [-0.4, -0.2) is 192 Å². The molecule has 456 valence electrons. The summed E-state index contributed by atoms with van der Waals surface area (Å²) in [4.78, 5) is 174. The molecule has 84 heavy (non-hydrogen) atoms. The van der Waals surface area contributed by atoms with Crippen LogP contribution in [0.4, 0.5) is 0 Å². The predicted octanol–water partition coefficient (Wildman–Crippen LogP) is -0.696. The summed E-state index contributed by atoms with van der Waals surface area (Å²) < 4.78 is 0. The number of nitrogens with zero attached hydrogens (tertiary/aromatic N) is 4.